The second kappa shape index (κ2) is 66.6. The van der Waals surface area contributed by atoms with Gasteiger partial charge in [-0.2, -0.15) is 0 Å². The zero-order valence-electron chi connectivity index (χ0n) is 2.83. The fourth-order valence-electron chi connectivity index (χ4n) is 0. The second-order valence-corrected chi connectivity index (χ2v) is 0. The minimum atomic E-state index is 0. The van der Waals surface area contributed by atoms with Gasteiger partial charge >= 0.3 is 0 Å². The third kappa shape index (κ3) is 49.3. The SMILES string of the molecule is [Fe].[Fe].[Fe].[Fe].[Fe].[Fe].[Fe].[Fe]. The van der Waals surface area contributed by atoms with Crippen molar-refractivity contribution in [3.63, 3.8) is 0 Å². The first-order chi connectivity index (χ1) is 0. The quantitative estimate of drug-likeness (QED) is 0.459. The topological polar surface area (TPSA) is 0 Å². The van der Waals surface area contributed by atoms with Gasteiger partial charge in [0.15, 0.2) is 0 Å². The Hall–Kier alpha value is 4.16. The van der Waals surface area contributed by atoms with Gasteiger partial charge in [0.2, 0.25) is 0 Å². The van der Waals surface area contributed by atoms with E-state index in [2.05, 4.69) is 0 Å². The van der Waals surface area contributed by atoms with Crippen molar-refractivity contribution in [3.8, 4) is 0 Å². The first-order valence-corrected chi connectivity index (χ1v) is 0. The summed E-state index contributed by atoms with van der Waals surface area (Å²) in [5.41, 5.74) is 0. The summed E-state index contributed by atoms with van der Waals surface area (Å²) in [6, 6.07) is 0. The molecule has 0 amide bonds. The van der Waals surface area contributed by atoms with Crippen LogP contribution >= 0.6 is 0 Å². The van der Waals surface area contributed by atoms with Gasteiger partial charge in [0.25, 0.3) is 0 Å². The minimum absolute atomic E-state index is 0. The monoisotopic (exact) mass is 447 g/mol. The van der Waals surface area contributed by atoms with E-state index in [0.717, 1.165) is 0 Å². The molecule has 0 radical (unpaired) electrons. The van der Waals surface area contributed by atoms with Gasteiger partial charge < -0.3 is 0 Å². The molecule has 0 aliphatic heterocycles. The van der Waals surface area contributed by atoms with Crippen molar-refractivity contribution < 1.29 is 137 Å². The molecule has 0 unspecified atom stereocenters. The second-order valence-electron chi connectivity index (χ2n) is 0. The van der Waals surface area contributed by atoms with Crippen molar-refractivity contribution >= 4 is 0 Å². The summed E-state index contributed by atoms with van der Waals surface area (Å²) in [5, 5.41) is 0. The van der Waals surface area contributed by atoms with E-state index in [1.165, 1.54) is 0 Å². The molecule has 0 N–H and O–H groups in total. The van der Waals surface area contributed by atoms with Gasteiger partial charge in [-0.1, -0.05) is 0 Å². The van der Waals surface area contributed by atoms with Crippen molar-refractivity contribution in [3.05, 3.63) is 0 Å². The molecule has 0 rings (SSSR count). The summed E-state index contributed by atoms with van der Waals surface area (Å²) < 4.78 is 0. The van der Waals surface area contributed by atoms with Gasteiger partial charge in [0, 0.05) is 137 Å². The Labute approximate surface area is 134 Å². The maximum atomic E-state index is 0. The van der Waals surface area contributed by atoms with Crippen molar-refractivity contribution in [1.82, 2.24) is 0 Å². The van der Waals surface area contributed by atoms with Crippen LogP contribution in [0.15, 0.2) is 0 Å². The summed E-state index contributed by atoms with van der Waals surface area (Å²) in [6.07, 6.45) is 0. The molecule has 0 fully saturated rings. The molecule has 0 saturated heterocycles. The Morgan fingerprint density at radius 3 is 0.125 bits per heavy atom. The number of hydrogen-bond donors (Lipinski definition) is 0. The molecule has 0 nitrogen and oxygen atoms in total. The van der Waals surface area contributed by atoms with Gasteiger partial charge in [-0.25, -0.2) is 0 Å². The van der Waals surface area contributed by atoms with Crippen LogP contribution < -0.4 is 0 Å². The van der Waals surface area contributed by atoms with E-state index in [1.54, 1.807) is 0 Å². The first kappa shape index (κ1) is 87.6. The van der Waals surface area contributed by atoms with Crippen molar-refractivity contribution in [1.29, 1.82) is 0 Å². The van der Waals surface area contributed by atoms with E-state index < -0.39 is 0 Å². The standard InChI is InChI=1S/8Fe. The molecule has 0 bridgehead atoms. The van der Waals surface area contributed by atoms with Crippen LogP contribution in [0.1, 0.15) is 0 Å². The van der Waals surface area contributed by atoms with E-state index in [-0.39, 0.29) is 137 Å². The predicted molar refractivity (Wildman–Crippen MR) is 0 cm³/mol. The Balaban J connectivity index is 0. The molecular weight excluding hydrogens is 447 g/mol. The fourth-order valence-corrected chi connectivity index (χ4v) is 0. The molecule has 0 aromatic rings. The Morgan fingerprint density at radius 1 is 0.125 bits per heavy atom. The summed E-state index contributed by atoms with van der Waals surface area (Å²) in [4.78, 5) is 0. The maximum absolute atomic E-state index is 0. The van der Waals surface area contributed by atoms with Gasteiger partial charge in [0.05, 0.1) is 0 Å². The zero-order chi connectivity index (χ0) is 0. The van der Waals surface area contributed by atoms with Crippen LogP contribution in [0.2, 0.25) is 0 Å². The van der Waals surface area contributed by atoms with E-state index in [4.69, 9.17) is 0 Å². The van der Waals surface area contributed by atoms with Crippen LogP contribution in [0.3, 0.4) is 0 Å². The molecular formula is Fe8. The molecule has 0 aromatic carbocycles. The molecule has 8 heavy (non-hydrogen) atoms. The van der Waals surface area contributed by atoms with Crippen molar-refractivity contribution in [2.75, 3.05) is 0 Å². The molecule has 0 saturated carbocycles. The maximum Gasteiger partial charge on any atom is 0 e. The van der Waals surface area contributed by atoms with Crippen LogP contribution in [0.5, 0.6) is 0 Å². The van der Waals surface area contributed by atoms with Crippen LogP contribution in [0.4, 0.5) is 0 Å². The molecule has 0 aliphatic carbocycles. The van der Waals surface area contributed by atoms with E-state index in [1.807, 2.05) is 0 Å². The molecule has 0 aromatic heterocycles. The third-order valence-electron chi connectivity index (χ3n) is 0. The molecule has 0 aliphatic rings. The Morgan fingerprint density at radius 2 is 0.125 bits per heavy atom. The van der Waals surface area contributed by atoms with Crippen LogP contribution in [0.25, 0.3) is 0 Å². The molecule has 8 heteroatoms. The van der Waals surface area contributed by atoms with Crippen molar-refractivity contribution in [2.45, 2.75) is 0 Å². The normalized spacial score (nSPS) is 0. The van der Waals surface area contributed by atoms with Gasteiger partial charge in [-0.05, 0) is 0 Å². The zero-order valence-corrected chi connectivity index (χ0v) is 11.7. The fraction of sp³-hybridized carbons (Fsp3) is 0. The van der Waals surface area contributed by atoms with Crippen LogP contribution in [0, 0.1) is 0 Å². The first-order valence-electron chi connectivity index (χ1n) is 0. The molecule has 64 valence electrons. The number of rotatable bonds is 0. The average molecular weight is 447 g/mol. The predicted octanol–water partition coefficient (Wildman–Crippen LogP) is -0.0200. The summed E-state index contributed by atoms with van der Waals surface area (Å²) in [7, 11) is 0. The summed E-state index contributed by atoms with van der Waals surface area (Å²) in [5.74, 6) is 0. The number of hydrogen-bond acceptors (Lipinski definition) is 0. The average Bonchev–Trinajstić information content (AvgIpc) is 0. The van der Waals surface area contributed by atoms with Crippen molar-refractivity contribution in [2.24, 2.45) is 0 Å². The molecule has 0 atom stereocenters. The minimum Gasteiger partial charge on any atom is 0 e. The smallest absolute Gasteiger partial charge is 0 e. The molecule has 0 heterocycles. The summed E-state index contributed by atoms with van der Waals surface area (Å²) in [6.45, 7) is 0. The Bertz CT molecular complexity index is 0. The van der Waals surface area contributed by atoms with E-state index >= 15 is 0 Å². The van der Waals surface area contributed by atoms with Crippen LogP contribution in [-0.2, 0) is 137 Å². The van der Waals surface area contributed by atoms with Crippen LogP contribution in [-0.4, -0.2) is 0 Å². The third-order valence-corrected chi connectivity index (χ3v) is 0. The van der Waals surface area contributed by atoms with Gasteiger partial charge in [-0.15, -0.1) is 0 Å². The van der Waals surface area contributed by atoms with Gasteiger partial charge in [0.1, 0.15) is 0 Å². The van der Waals surface area contributed by atoms with E-state index in [0.29, 0.717) is 0 Å². The molecule has 0 spiro atoms. The largest absolute Gasteiger partial charge is 0 e. The van der Waals surface area contributed by atoms with E-state index in [9.17, 15) is 0 Å². The Kier molecular flexibility index (Phi) is 729. The summed E-state index contributed by atoms with van der Waals surface area (Å²) >= 11 is 0. The van der Waals surface area contributed by atoms with Gasteiger partial charge in [-0.3, -0.25) is 0 Å².